The van der Waals surface area contributed by atoms with E-state index >= 15 is 0 Å². The van der Waals surface area contributed by atoms with Crippen molar-refractivity contribution in [2.75, 3.05) is 11.9 Å². The second-order valence-corrected chi connectivity index (χ2v) is 4.26. The fourth-order valence-electron chi connectivity index (χ4n) is 1.23. The molecule has 1 N–H and O–H groups in total. The standard InChI is InChI=1S/C12H18ClN3/c1-4-5-6-7-14-11-8-10(13)15-12(16-11)9(2)3/h4-5,8-9H,6-7H2,1-3H3,(H,14,15,16)/b5-4+. The van der Waals surface area contributed by atoms with Crippen LogP contribution in [-0.4, -0.2) is 16.5 Å². The van der Waals surface area contributed by atoms with Gasteiger partial charge in [-0.1, -0.05) is 37.6 Å². The summed E-state index contributed by atoms with van der Waals surface area (Å²) in [7, 11) is 0. The second kappa shape index (κ2) is 6.48. The van der Waals surface area contributed by atoms with E-state index in [1.165, 1.54) is 0 Å². The summed E-state index contributed by atoms with van der Waals surface area (Å²) < 4.78 is 0. The molecular formula is C12H18ClN3. The van der Waals surface area contributed by atoms with Crippen LogP contribution >= 0.6 is 11.6 Å². The van der Waals surface area contributed by atoms with Crippen LogP contribution in [0.15, 0.2) is 18.2 Å². The summed E-state index contributed by atoms with van der Waals surface area (Å²) in [4.78, 5) is 8.58. The van der Waals surface area contributed by atoms with Gasteiger partial charge in [-0.05, 0) is 13.3 Å². The summed E-state index contributed by atoms with van der Waals surface area (Å²) in [6, 6.07) is 1.75. The van der Waals surface area contributed by atoms with Gasteiger partial charge in [-0.3, -0.25) is 0 Å². The highest BCUT2D eigenvalue weighted by atomic mass is 35.5. The van der Waals surface area contributed by atoms with Crippen LogP contribution in [0.2, 0.25) is 5.15 Å². The van der Waals surface area contributed by atoms with E-state index in [0.29, 0.717) is 5.15 Å². The summed E-state index contributed by atoms with van der Waals surface area (Å²) in [5.74, 6) is 1.86. The van der Waals surface area contributed by atoms with Crippen LogP contribution in [0.3, 0.4) is 0 Å². The van der Waals surface area contributed by atoms with E-state index in [2.05, 4.69) is 35.2 Å². The predicted molar refractivity (Wildman–Crippen MR) is 69.1 cm³/mol. The summed E-state index contributed by atoms with van der Waals surface area (Å²) in [6.07, 6.45) is 5.13. The van der Waals surface area contributed by atoms with Crippen molar-refractivity contribution in [1.29, 1.82) is 0 Å². The third-order valence-corrected chi connectivity index (χ3v) is 2.28. The van der Waals surface area contributed by atoms with E-state index in [0.717, 1.165) is 24.6 Å². The Morgan fingerprint density at radius 1 is 1.44 bits per heavy atom. The summed E-state index contributed by atoms with van der Waals surface area (Å²) >= 11 is 5.93. The van der Waals surface area contributed by atoms with Crippen molar-refractivity contribution in [1.82, 2.24) is 9.97 Å². The van der Waals surface area contributed by atoms with Crippen LogP contribution in [-0.2, 0) is 0 Å². The molecular weight excluding hydrogens is 222 g/mol. The lowest BCUT2D eigenvalue weighted by molar-refractivity contribution is 0.774. The lowest BCUT2D eigenvalue weighted by atomic mass is 10.2. The molecule has 0 atom stereocenters. The molecule has 0 radical (unpaired) electrons. The number of allylic oxidation sites excluding steroid dienone is 1. The summed E-state index contributed by atoms with van der Waals surface area (Å²) in [6.45, 7) is 6.97. The van der Waals surface area contributed by atoms with Gasteiger partial charge in [0, 0.05) is 18.5 Å². The predicted octanol–water partition coefficient (Wildman–Crippen LogP) is 3.63. The van der Waals surface area contributed by atoms with E-state index in [1.54, 1.807) is 6.07 Å². The Hall–Kier alpha value is -1.09. The number of hydrogen-bond donors (Lipinski definition) is 1. The molecule has 0 saturated heterocycles. The molecule has 0 aliphatic rings. The highest BCUT2D eigenvalue weighted by molar-refractivity contribution is 6.29. The van der Waals surface area contributed by atoms with Gasteiger partial charge < -0.3 is 5.32 Å². The van der Waals surface area contributed by atoms with Gasteiger partial charge in [0.2, 0.25) is 0 Å². The lowest BCUT2D eigenvalue weighted by Gasteiger charge is -2.08. The molecule has 1 rings (SSSR count). The molecule has 1 heterocycles. The Morgan fingerprint density at radius 3 is 2.81 bits per heavy atom. The van der Waals surface area contributed by atoms with Gasteiger partial charge in [0.1, 0.15) is 16.8 Å². The van der Waals surface area contributed by atoms with Gasteiger partial charge in [-0.15, -0.1) is 0 Å². The zero-order valence-electron chi connectivity index (χ0n) is 10.00. The number of aromatic nitrogens is 2. The average molecular weight is 240 g/mol. The van der Waals surface area contributed by atoms with Gasteiger partial charge in [0.05, 0.1) is 0 Å². The van der Waals surface area contributed by atoms with Crippen LogP contribution in [0.25, 0.3) is 0 Å². The van der Waals surface area contributed by atoms with Crippen LogP contribution in [0.4, 0.5) is 5.82 Å². The highest BCUT2D eigenvalue weighted by Crippen LogP contribution is 2.16. The van der Waals surface area contributed by atoms with E-state index in [4.69, 9.17) is 11.6 Å². The van der Waals surface area contributed by atoms with Gasteiger partial charge in [-0.25, -0.2) is 9.97 Å². The van der Waals surface area contributed by atoms with Crippen molar-refractivity contribution < 1.29 is 0 Å². The number of rotatable bonds is 5. The van der Waals surface area contributed by atoms with Crippen molar-refractivity contribution in [3.63, 3.8) is 0 Å². The van der Waals surface area contributed by atoms with Gasteiger partial charge in [0.15, 0.2) is 0 Å². The maximum atomic E-state index is 5.93. The number of nitrogens with one attached hydrogen (secondary N) is 1. The molecule has 0 aromatic carbocycles. The number of hydrogen-bond acceptors (Lipinski definition) is 3. The first-order chi connectivity index (χ1) is 7.63. The second-order valence-electron chi connectivity index (χ2n) is 3.87. The molecule has 0 aliphatic heterocycles. The van der Waals surface area contributed by atoms with Crippen LogP contribution in [0.1, 0.15) is 38.9 Å². The molecule has 4 heteroatoms. The average Bonchev–Trinajstić information content (AvgIpc) is 2.23. The third kappa shape index (κ3) is 4.19. The van der Waals surface area contributed by atoms with Crippen molar-refractivity contribution >= 4 is 17.4 Å². The van der Waals surface area contributed by atoms with Crippen LogP contribution in [0, 0.1) is 0 Å². The minimum absolute atomic E-state index is 0.287. The minimum atomic E-state index is 0.287. The van der Waals surface area contributed by atoms with E-state index < -0.39 is 0 Å². The Bertz CT molecular complexity index is 361. The van der Waals surface area contributed by atoms with Crippen LogP contribution < -0.4 is 5.32 Å². The molecule has 16 heavy (non-hydrogen) atoms. The van der Waals surface area contributed by atoms with Crippen molar-refractivity contribution in [2.24, 2.45) is 0 Å². The molecule has 0 unspecified atom stereocenters. The minimum Gasteiger partial charge on any atom is -0.370 e. The molecule has 1 aromatic rings. The normalized spacial score (nSPS) is 11.3. The summed E-state index contributed by atoms with van der Waals surface area (Å²) in [5, 5.41) is 3.72. The fourth-order valence-corrected chi connectivity index (χ4v) is 1.42. The number of halogens is 1. The molecule has 1 aromatic heterocycles. The zero-order valence-corrected chi connectivity index (χ0v) is 10.8. The SMILES string of the molecule is C/C=C/CCNc1cc(Cl)nc(C(C)C)n1. The molecule has 3 nitrogen and oxygen atoms in total. The topological polar surface area (TPSA) is 37.8 Å². The van der Waals surface area contributed by atoms with Gasteiger partial charge in [-0.2, -0.15) is 0 Å². The van der Waals surface area contributed by atoms with Gasteiger partial charge in [0.25, 0.3) is 0 Å². The number of nitrogens with zero attached hydrogens (tertiary/aromatic N) is 2. The Labute approximate surface area is 102 Å². The monoisotopic (exact) mass is 239 g/mol. The maximum absolute atomic E-state index is 5.93. The number of anilines is 1. The Balaban J connectivity index is 2.65. The summed E-state index contributed by atoms with van der Waals surface area (Å²) in [5.41, 5.74) is 0. The largest absolute Gasteiger partial charge is 0.370 e. The Morgan fingerprint density at radius 2 is 2.19 bits per heavy atom. The third-order valence-electron chi connectivity index (χ3n) is 2.08. The molecule has 0 spiro atoms. The fraction of sp³-hybridized carbons (Fsp3) is 0.500. The molecule has 0 saturated carbocycles. The Kier molecular flexibility index (Phi) is 5.26. The first kappa shape index (κ1) is 13.0. The molecule has 88 valence electrons. The lowest BCUT2D eigenvalue weighted by Crippen LogP contribution is -2.06. The molecule has 0 bridgehead atoms. The first-order valence-corrected chi connectivity index (χ1v) is 5.90. The molecule has 0 aliphatic carbocycles. The highest BCUT2D eigenvalue weighted by Gasteiger charge is 2.06. The van der Waals surface area contributed by atoms with Crippen molar-refractivity contribution in [3.8, 4) is 0 Å². The van der Waals surface area contributed by atoms with Crippen molar-refractivity contribution in [3.05, 3.63) is 29.2 Å². The van der Waals surface area contributed by atoms with E-state index in [1.807, 2.05) is 13.0 Å². The first-order valence-electron chi connectivity index (χ1n) is 5.53. The quantitative estimate of drug-likeness (QED) is 0.484. The van der Waals surface area contributed by atoms with E-state index in [9.17, 15) is 0 Å². The molecule has 0 fully saturated rings. The zero-order chi connectivity index (χ0) is 12.0. The molecule has 0 amide bonds. The smallest absolute Gasteiger partial charge is 0.135 e. The van der Waals surface area contributed by atoms with E-state index in [-0.39, 0.29) is 5.92 Å². The van der Waals surface area contributed by atoms with Crippen LogP contribution in [0.5, 0.6) is 0 Å². The van der Waals surface area contributed by atoms with Crippen molar-refractivity contribution in [2.45, 2.75) is 33.1 Å². The maximum Gasteiger partial charge on any atom is 0.135 e. The van der Waals surface area contributed by atoms with Gasteiger partial charge >= 0.3 is 0 Å².